The molecule has 1 aliphatic rings. The highest BCUT2D eigenvalue weighted by molar-refractivity contribution is 7.89. The van der Waals surface area contributed by atoms with Gasteiger partial charge in [0.1, 0.15) is 4.88 Å². The molecule has 0 saturated carbocycles. The van der Waals surface area contributed by atoms with E-state index in [9.17, 15) is 18.0 Å². The summed E-state index contributed by atoms with van der Waals surface area (Å²) in [5.74, 6) is -1.49. The minimum atomic E-state index is -3.72. The molecule has 2 heterocycles. The molecular weight excluding hydrogens is 352 g/mol. The van der Waals surface area contributed by atoms with E-state index in [2.05, 4.69) is 0 Å². The van der Waals surface area contributed by atoms with Crippen LogP contribution >= 0.6 is 11.3 Å². The second kappa shape index (κ2) is 6.81. The molecule has 0 spiro atoms. The Hall–Kier alpha value is -1.45. The number of thiophene rings is 1. The zero-order valence-electron chi connectivity index (χ0n) is 13.7. The van der Waals surface area contributed by atoms with E-state index in [1.807, 2.05) is 0 Å². The summed E-state index contributed by atoms with van der Waals surface area (Å²) in [5.41, 5.74) is 4.72. The SMILES string of the molecule is CC(C)(CC1CCCN(S(=O)(=O)c2csc(C(=O)O)c2)C1)C(N)=O. The summed E-state index contributed by atoms with van der Waals surface area (Å²) in [4.78, 5) is 22.5. The normalized spacial score (nSPS) is 20.0. The standard InChI is InChI=1S/C15H22N2O5S2/c1-15(2,14(16)20)7-10-4-3-5-17(8-10)24(21,22)11-6-12(13(18)19)23-9-11/h6,9-10H,3-5,7-8H2,1-2H3,(H2,16,20)(H,18,19). The maximum absolute atomic E-state index is 12.7. The Kier molecular flexibility index (Phi) is 5.36. The molecule has 1 amide bonds. The molecule has 1 aromatic rings. The first-order chi connectivity index (χ1) is 11.0. The number of hydrogen-bond acceptors (Lipinski definition) is 5. The number of amides is 1. The van der Waals surface area contributed by atoms with Gasteiger partial charge >= 0.3 is 5.97 Å². The molecule has 134 valence electrons. The zero-order chi connectivity index (χ0) is 18.1. The van der Waals surface area contributed by atoms with Crippen LogP contribution in [0.5, 0.6) is 0 Å². The first kappa shape index (κ1) is 18.9. The van der Waals surface area contributed by atoms with E-state index in [0.717, 1.165) is 17.8 Å². The van der Waals surface area contributed by atoms with Crippen LogP contribution in [-0.4, -0.2) is 42.8 Å². The summed E-state index contributed by atoms with van der Waals surface area (Å²) in [5, 5.41) is 10.3. The molecule has 24 heavy (non-hydrogen) atoms. The van der Waals surface area contributed by atoms with Gasteiger partial charge in [0.15, 0.2) is 0 Å². The van der Waals surface area contributed by atoms with Crippen molar-refractivity contribution in [3.8, 4) is 0 Å². The van der Waals surface area contributed by atoms with Crippen LogP contribution in [0.2, 0.25) is 0 Å². The molecule has 9 heteroatoms. The fourth-order valence-corrected chi connectivity index (χ4v) is 5.60. The summed E-state index contributed by atoms with van der Waals surface area (Å²) in [6.07, 6.45) is 2.07. The van der Waals surface area contributed by atoms with Crippen LogP contribution in [0.25, 0.3) is 0 Å². The highest BCUT2D eigenvalue weighted by Gasteiger charge is 2.35. The van der Waals surface area contributed by atoms with Crippen LogP contribution in [0.1, 0.15) is 42.8 Å². The van der Waals surface area contributed by atoms with Gasteiger partial charge in [0.2, 0.25) is 15.9 Å². The van der Waals surface area contributed by atoms with Crippen molar-refractivity contribution in [1.29, 1.82) is 0 Å². The molecule has 0 radical (unpaired) electrons. The Morgan fingerprint density at radius 3 is 2.67 bits per heavy atom. The lowest BCUT2D eigenvalue weighted by Gasteiger charge is -2.35. The summed E-state index contributed by atoms with van der Waals surface area (Å²) >= 11 is 0.897. The molecule has 1 atom stereocenters. The van der Waals surface area contributed by atoms with Gasteiger partial charge in [0, 0.05) is 23.9 Å². The largest absolute Gasteiger partial charge is 0.477 e. The first-order valence-electron chi connectivity index (χ1n) is 7.66. The lowest BCUT2D eigenvalue weighted by molar-refractivity contribution is -0.127. The number of sulfonamides is 1. The molecule has 0 aliphatic carbocycles. The van der Waals surface area contributed by atoms with Gasteiger partial charge in [-0.25, -0.2) is 13.2 Å². The number of piperidine rings is 1. The van der Waals surface area contributed by atoms with Crippen molar-refractivity contribution in [2.45, 2.75) is 38.0 Å². The molecule has 2 rings (SSSR count). The molecule has 0 bridgehead atoms. The molecular formula is C15H22N2O5S2. The van der Waals surface area contributed by atoms with Crippen molar-refractivity contribution in [2.75, 3.05) is 13.1 Å². The molecule has 7 nitrogen and oxygen atoms in total. The van der Waals surface area contributed by atoms with Crippen LogP contribution < -0.4 is 5.73 Å². The van der Waals surface area contributed by atoms with Crippen molar-refractivity contribution in [2.24, 2.45) is 17.1 Å². The summed E-state index contributed by atoms with van der Waals surface area (Å²) in [7, 11) is -3.72. The quantitative estimate of drug-likeness (QED) is 0.786. The van der Waals surface area contributed by atoms with Gasteiger partial charge < -0.3 is 10.8 Å². The number of carbonyl (C=O) groups excluding carboxylic acids is 1. The first-order valence-corrected chi connectivity index (χ1v) is 9.98. The smallest absolute Gasteiger partial charge is 0.345 e. The number of rotatable bonds is 6. The Morgan fingerprint density at radius 2 is 2.12 bits per heavy atom. The topological polar surface area (TPSA) is 118 Å². The van der Waals surface area contributed by atoms with Crippen molar-refractivity contribution in [1.82, 2.24) is 4.31 Å². The fourth-order valence-electron chi connectivity index (χ4n) is 2.95. The van der Waals surface area contributed by atoms with E-state index in [0.29, 0.717) is 25.9 Å². The predicted molar refractivity (Wildman–Crippen MR) is 90.4 cm³/mol. The number of nitrogens with two attached hydrogens (primary N) is 1. The van der Waals surface area contributed by atoms with Crippen LogP contribution in [0.4, 0.5) is 0 Å². The Labute approximate surface area is 145 Å². The lowest BCUT2D eigenvalue weighted by Crippen LogP contribution is -2.42. The van der Waals surface area contributed by atoms with Gasteiger partial charge in [-0.3, -0.25) is 4.79 Å². The molecule has 3 N–H and O–H groups in total. The summed E-state index contributed by atoms with van der Waals surface area (Å²) in [6.45, 7) is 4.24. The van der Waals surface area contributed by atoms with Gasteiger partial charge in [0.25, 0.3) is 0 Å². The van der Waals surface area contributed by atoms with Crippen molar-refractivity contribution < 1.29 is 23.1 Å². The third-order valence-corrected chi connectivity index (χ3v) is 7.28. The Balaban J connectivity index is 2.15. The third-order valence-electron chi connectivity index (χ3n) is 4.37. The molecule has 1 aliphatic heterocycles. The number of carbonyl (C=O) groups is 2. The van der Waals surface area contributed by atoms with E-state index in [1.165, 1.54) is 15.8 Å². The van der Waals surface area contributed by atoms with Gasteiger partial charge in [-0.05, 0) is 31.2 Å². The highest BCUT2D eigenvalue weighted by atomic mass is 32.2. The molecule has 0 aromatic carbocycles. The van der Waals surface area contributed by atoms with Gasteiger partial charge in [-0.1, -0.05) is 13.8 Å². The molecule has 1 aromatic heterocycles. The second-order valence-corrected chi connectivity index (χ2v) is 9.62. The van der Waals surface area contributed by atoms with E-state index >= 15 is 0 Å². The van der Waals surface area contributed by atoms with Crippen molar-refractivity contribution in [3.05, 3.63) is 16.3 Å². The molecule has 1 saturated heterocycles. The summed E-state index contributed by atoms with van der Waals surface area (Å²) in [6, 6.07) is 1.19. The number of nitrogens with zero attached hydrogens (tertiary/aromatic N) is 1. The van der Waals surface area contributed by atoms with Crippen LogP contribution in [-0.2, 0) is 14.8 Å². The minimum Gasteiger partial charge on any atom is -0.477 e. The van der Waals surface area contributed by atoms with E-state index < -0.39 is 27.3 Å². The van der Waals surface area contributed by atoms with E-state index in [-0.39, 0.29) is 15.7 Å². The highest BCUT2D eigenvalue weighted by Crippen LogP contribution is 2.33. The van der Waals surface area contributed by atoms with Crippen LogP contribution in [0.3, 0.4) is 0 Å². The van der Waals surface area contributed by atoms with Crippen molar-refractivity contribution >= 4 is 33.2 Å². The summed E-state index contributed by atoms with van der Waals surface area (Å²) < 4.78 is 26.8. The number of aromatic carboxylic acids is 1. The number of primary amides is 1. The maximum atomic E-state index is 12.7. The van der Waals surface area contributed by atoms with E-state index in [1.54, 1.807) is 13.8 Å². The van der Waals surface area contributed by atoms with Crippen LogP contribution in [0, 0.1) is 11.3 Å². The zero-order valence-corrected chi connectivity index (χ0v) is 15.3. The van der Waals surface area contributed by atoms with Gasteiger partial charge in [0.05, 0.1) is 4.90 Å². The Bertz CT molecular complexity index is 739. The van der Waals surface area contributed by atoms with Gasteiger partial charge in [-0.15, -0.1) is 11.3 Å². The average Bonchev–Trinajstić information content (AvgIpc) is 2.97. The van der Waals surface area contributed by atoms with Gasteiger partial charge in [-0.2, -0.15) is 4.31 Å². The molecule has 1 fully saturated rings. The number of hydrogen-bond donors (Lipinski definition) is 2. The Morgan fingerprint density at radius 1 is 1.46 bits per heavy atom. The lowest BCUT2D eigenvalue weighted by atomic mass is 9.79. The average molecular weight is 374 g/mol. The van der Waals surface area contributed by atoms with E-state index in [4.69, 9.17) is 10.8 Å². The van der Waals surface area contributed by atoms with Crippen molar-refractivity contribution in [3.63, 3.8) is 0 Å². The fraction of sp³-hybridized carbons (Fsp3) is 0.600. The maximum Gasteiger partial charge on any atom is 0.345 e. The van der Waals surface area contributed by atoms with Crippen LogP contribution in [0.15, 0.2) is 16.3 Å². The second-order valence-electron chi connectivity index (χ2n) is 6.78. The number of carboxylic acid groups (broad SMARTS) is 1. The third kappa shape index (κ3) is 3.96. The predicted octanol–water partition coefficient (Wildman–Crippen LogP) is 1.75. The molecule has 1 unspecified atom stereocenters. The monoisotopic (exact) mass is 374 g/mol. The minimum absolute atomic E-state index is 0.00278. The number of carboxylic acids is 1.